The lowest BCUT2D eigenvalue weighted by Crippen LogP contribution is -2.35. The highest BCUT2D eigenvalue weighted by Crippen LogP contribution is 2.02. The number of amides is 1. The molecule has 0 aromatic carbocycles. The Morgan fingerprint density at radius 2 is 1.94 bits per heavy atom. The predicted octanol–water partition coefficient (Wildman–Crippen LogP) is 0.919. The molecule has 18 heavy (non-hydrogen) atoms. The van der Waals surface area contributed by atoms with E-state index in [4.69, 9.17) is 15.2 Å². The fourth-order valence-electron chi connectivity index (χ4n) is 1.32. The molecular formula is C13H28N2O3. The van der Waals surface area contributed by atoms with Gasteiger partial charge in [0.05, 0.1) is 13.2 Å². The molecule has 0 aromatic heterocycles. The van der Waals surface area contributed by atoms with Crippen molar-refractivity contribution in [2.45, 2.75) is 39.2 Å². The SMILES string of the molecule is COCCOCCCCNC(=O)CC(N)C(C)C. The first-order valence-electron chi connectivity index (χ1n) is 6.67. The Bertz CT molecular complexity index is 210. The second kappa shape index (κ2) is 11.4. The van der Waals surface area contributed by atoms with Crippen LogP contribution in [0.1, 0.15) is 33.1 Å². The van der Waals surface area contributed by atoms with Gasteiger partial charge < -0.3 is 20.5 Å². The van der Waals surface area contributed by atoms with Gasteiger partial charge in [-0.2, -0.15) is 0 Å². The van der Waals surface area contributed by atoms with Gasteiger partial charge in [0.15, 0.2) is 0 Å². The standard InChI is InChI=1S/C13H28N2O3/c1-11(2)12(14)10-13(16)15-6-4-5-7-18-9-8-17-3/h11-12H,4-10,14H2,1-3H3,(H,15,16). The summed E-state index contributed by atoms with van der Waals surface area (Å²) >= 11 is 0. The largest absolute Gasteiger partial charge is 0.382 e. The smallest absolute Gasteiger partial charge is 0.221 e. The minimum absolute atomic E-state index is 0.0384. The second-order valence-corrected chi connectivity index (χ2v) is 4.77. The zero-order chi connectivity index (χ0) is 13.8. The van der Waals surface area contributed by atoms with E-state index in [1.165, 1.54) is 0 Å². The fraction of sp³-hybridized carbons (Fsp3) is 0.923. The third-order valence-electron chi connectivity index (χ3n) is 2.75. The first-order valence-corrected chi connectivity index (χ1v) is 6.67. The molecule has 5 nitrogen and oxygen atoms in total. The van der Waals surface area contributed by atoms with Gasteiger partial charge in [-0.25, -0.2) is 0 Å². The molecule has 1 atom stereocenters. The number of hydrogen-bond acceptors (Lipinski definition) is 4. The van der Waals surface area contributed by atoms with Crippen molar-refractivity contribution in [2.24, 2.45) is 11.7 Å². The van der Waals surface area contributed by atoms with Crippen molar-refractivity contribution in [1.29, 1.82) is 0 Å². The molecule has 0 rings (SSSR count). The van der Waals surface area contributed by atoms with Crippen LogP contribution in [-0.2, 0) is 14.3 Å². The Morgan fingerprint density at radius 3 is 2.56 bits per heavy atom. The maximum absolute atomic E-state index is 11.5. The summed E-state index contributed by atoms with van der Waals surface area (Å²) in [6.45, 7) is 6.71. The van der Waals surface area contributed by atoms with Crippen molar-refractivity contribution in [3.63, 3.8) is 0 Å². The molecule has 108 valence electrons. The number of ether oxygens (including phenoxy) is 2. The van der Waals surface area contributed by atoms with Crippen molar-refractivity contribution < 1.29 is 14.3 Å². The second-order valence-electron chi connectivity index (χ2n) is 4.77. The monoisotopic (exact) mass is 260 g/mol. The lowest BCUT2D eigenvalue weighted by Gasteiger charge is -2.14. The number of nitrogens with one attached hydrogen (secondary N) is 1. The van der Waals surface area contributed by atoms with Gasteiger partial charge in [0.25, 0.3) is 0 Å². The first-order chi connectivity index (χ1) is 8.57. The summed E-state index contributed by atoms with van der Waals surface area (Å²) in [5.74, 6) is 0.376. The Kier molecular flexibility index (Phi) is 11.0. The van der Waals surface area contributed by atoms with E-state index in [-0.39, 0.29) is 11.9 Å². The maximum Gasteiger partial charge on any atom is 0.221 e. The molecule has 0 saturated heterocycles. The van der Waals surface area contributed by atoms with Crippen molar-refractivity contribution >= 4 is 5.91 Å². The van der Waals surface area contributed by atoms with Gasteiger partial charge in [0.1, 0.15) is 0 Å². The van der Waals surface area contributed by atoms with Crippen LogP contribution >= 0.6 is 0 Å². The number of carbonyl (C=O) groups is 1. The molecule has 0 spiro atoms. The summed E-state index contributed by atoms with van der Waals surface area (Å²) in [7, 11) is 1.65. The third kappa shape index (κ3) is 10.5. The Morgan fingerprint density at radius 1 is 1.22 bits per heavy atom. The molecule has 0 heterocycles. The van der Waals surface area contributed by atoms with Crippen LogP contribution in [0.2, 0.25) is 0 Å². The van der Waals surface area contributed by atoms with Crippen molar-refractivity contribution in [2.75, 3.05) is 33.5 Å². The Hall–Kier alpha value is -0.650. The highest BCUT2D eigenvalue weighted by atomic mass is 16.5. The number of methoxy groups -OCH3 is 1. The summed E-state index contributed by atoms with van der Waals surface area (Å²) in [4.78, 5) is 11.5. The molecule has 3 N–H and O–H groups in total. The van der Waals surface area contributed by atoms with Crippen LogP contribution in [-0.4, -0.2) is 45.4 Å². The van der Waals surface area contributed by atoms with Crippen molar-refractivity contribution in [3.05, 3.63) is 0 Å². The van der Waals surface area contributed by atoms with E-state index < -0.39 is 0 Å². The predicted molar refractivity (Wildman–Crippen MR) is 72.4 cm³/mol. The zero-order valence-corrected chi connectivity index (χ0v) is 11.9. The first kappa shape index (κ1) is 17.4. The summed E-state index contributed by atoms with van der Waals surface area (Å²) in [6.07, 6.45) is 2.28. The summed E-state index contributed by atoms with van der Waals surface area (Å²) < 4.78 is 10.2. The van der Waals surface area contributed by atoms with Crippen LogP contribution in [0.3, 0.4) is 0 Å². The molecule has 0 radical (unpaired) electrons. The molecule has 1 unspecified atom stereocenters. The van der Waals surface area contributed by atoms with Gasteiger partial charge in [-0.05, 0) is 18.8 Å². The van der Waals surface area contributed by atoms with E-state index in [1.807, 2.05) is 13.8 Å². The van der Waals surface area contributed by atoms with E-state index in [0.717, 1.165) is 12.8 Å². The quantitative estimate of drug-likeness (QED) is 0.542. The molecule has 5 heteroatoms. The van der Waals surface area contributed by atoms with Crippen LogP contribution in [0.25, 0.3) is 0 Å². The van der Waals surface area contributed by atoms with Gasteiger partial charge in [0, 0.05) is 32.7 Å². The minimum atomic E-state index is -0.0534. The van der Waals surface area contributed by atoms with E-state index in [9.17, 15) is 4.79 Å². The number of rotatable bonds is 11. The summed E-state index contributed by atoms with van der Waals surface area (Å²) in [5, 5.41) is 2.87. The van der Waals surface area contributed by atoms with Crippen molar-refractivity contribution in [3.8, 4) is 0 Å². The summed E-state index contributed by atoms with van der Waals surface area (Å²) in [6, 6.07) is -0.0534. The average molecular weight is 260 g/mol. The molecule has 0 aromatic rings. The molecule has 0 aliphatic heterocycles. The lowest BCUT2D eigenvalue weighted by molar-refractivity contribution is -0.121. The van der Waals surface area contributed by atoms with E-state index >= 15 is 0 Å². The summed E-state index contributed by atoms with van der Waals surface area (Å²) in [5.41, 5.74) is 5.82. The van der Waals surface area contributed by atoms with Crippen molar-refractivity contribution in [1.82, 2.24) is 5.32 Å². The topological polar surface area (TPSA) is 73.6 Å². The third-order valence-corrected chi connectivity index (χ3v) is 2.75. The number of unbranched alkanes of at least 4 members (excludes halogenated alkanes) is 1. The number of carbonyl (C=O) groups excluding carboxylic acids is 1. The highest BCUT2D eigenvalue weighted by molar-refractivity contribution is 5.76. The van der Waals surface area contributed by atoms with Gasteiger partial charge >= 0.3 is 0 Å². The molecule has 0 aliphatic carbocycles. The fourth-order valence-corrected chi connectivity index (χ4v) is 1.32. The Balaban J connectivity index is 3.30. The van der Waals surface area contributed by atoms with Crippen LogP contribution in [0.15, 0.2) is 0 Å². The van der Waals surface area contributed by atoms with Crippen LogP contribution in [0, 0.1) is 5.92 Å². The molecule has 1 amide bonds. The van der Waals surface area contributed by atoms with Crippen LogP contribution in [0.5, 0.6) is 0 Å². The average Bonchev–Trinajstić information content (AvgIpc) is 2.32. The van der Waals surface area contributed by atoms with Crippen LogP contribution < -0.4 is 11.1 Å². The van der Waals surface area contributed by atoms with E-state index in [2.05, 4.69) is 5.32 Å². The van der Waals surface area contributed by atoms with E-state index in [0.29, 0.717) is 38.7 Å². The van der Waals surface area contributed by atoms with E-state index in [1.54, 1.807) is 7.11 Å². The molecule has 0 aliphatic rings. The molecule has 0 bridgehead atoms. The van der Waals surface area contributed by atoms with Gasteiger partial charge in [-0.15, -0.1) is 0 Å². The maximum atomic E-state index is 11.5. The van der Waals surface area contributed by atoms with Gasteiger partial charge in [-0.3, -0.25) is 4.79 Å². The Labute approximate surface area is 110 Å². The van der Waals surface area contributed by atoms with Gasteiger partial charge in [0.2, 0.25) is 5.91 Å². The minimum Gasteiger partial charge on any atom is -0.382 e. The zero-order valence-electron chi connectivity index (χ0n) is 11.9. The normalized spacial score (nSPS) is 12.7. The number of nitrogens with two attached hydrogens (primary N) is 1. The lowest BCUT2D eigenvalue weighted by atomic mass is 10.0. The molecular weight excluding hydrogens is 232 g/mol. The van der Waals surface area contributed by atoms with Gasteiger partial charge in [-0.1, -0.05) is 13.8 Å². The molecule has 0 saturated carbocycles. The highest BCUT2D eigenvalue weighted by Gasteiger charge is 2.11. The number of hydrogen-bond donors (Lipinski definition) is 2. The molecule has 0 fully saturated rings. The van der Waals surface area contributed by atoms with Crippen LogP contribution in [0.4, 0.5) is 0 Å².